The summed E-state index contributed by atoms with van der Waals surface area (Å²) < 4.78 is 0. The highest BCUT2D eigenvalue weighted by Crippen LogP contribution is 2.25. The van der Waals surface area contributed by atoms with Crippen molar-refractivity contribution in [2.24, 2.45) is 10.2 Å². The fraction of sp³-hybridized carbons (Fsp3) is 0.267. The molecular weight excluding hydrogens is 502 g/mol. The normalized spacial score (nSPS) is 13.8. The molecule has 202 valence electrons. The van der Waals surface area contributed by atoms with Crippen LogP contribution in [0.15, 0.2) is 89.5 Å². The van der Waals surface area contributed by atoms with Gasteiger partial charge in [-0.3, -0.25) is 14.7 Å². The maximum Gasteiger partial charge on any atom is 0.360 e. The largest absolute Gasteiger partial charge is 0.360 e. The van der Waals surface area contributed by atoms with Gasteiger partial charge in [0.2, 0.25) is 16.0 Å². The van der Waals surface area contributed by atoms with Gasteiger partial charge in [-0.25, -0.2) is 9.97 Å². The number of likely N-dealkylation sites (N-methyl/N-ethyl adjacent to an activating group) is 1. The van der Waals surface area contributed by atoms with E-state index in [0.29, 0.717) is 17.2 Å². The first-order valence-electron chi connectivity index (χ1n) is 13.4. The van der Waals surface area contributed by atoms with Crippen molar-refractivity contribution < 1.29 is 4.79 Å². The van der Waals surface area contributed by atoms with Crippen LogP contribution in [0, 0.1) is 6.92 Å². The topological polar surface area (TPSA) is 113 Å². The van der Waals surface area contributed by atoms with Gasteiger partial charge in [0, 0.05) is 68.1 Å². The molecule has 0 saturated carbocycles. The highest BCUT2D eigenvalue weighted by molar-refractivity contribution is 5.94. The highest BCUT2D eigenvalue weighted by Gasteiger charge is 2.16. The zero-order valence-corrected chi connectivity index (χ0v) is 22.7. The molecule has 0 atom stereocenters. The number of aryl methyl sites for hydroxylation is 1. The van der Waals surface area contributed by atoms with E-state index in [1.165, 1.54) is 5.56 Å². The zero-order chi connectivity index (χ0) is 27.7. The summed E-state index contributed by atoms with van der Waals surface area (Å²) in [6.07, 6.45) is 5.17. The molecule has 0 unspecified atom stereocenters. The summed E-state index contributed by atoms with van der Waals surface area (Å²) in [6, 6.07) is 18.7. The maximum absolute atomic E-state index is 12.5. The van der Waals surface area contributed by atoms with Crippen molar-refractivity contribution in [1.82, 2.24) is 29.7 Å². The van der Waals surface area contributed by atoms with Crippen LogP contribution in [-0.4, -0.2) is 63.4 Å². The van der Waals surface area contributed by atoms with E-state index < -0.39 is 5.91 Å². The van der Waals surface area contributed by atoms with Gasteiger partial charge < -0.3 is 10.2 Å². The molecule has 4 aromatic rings. The smallest absolute Gasteiger partial charge is 0.324 e. The van der Waals surface area contributed by atoms with Gasteiger partial charge in [0.25, 0.3) is 0 Å². The zero-order valence-electron chi connectivity index (χ0n) is 22.7. The van der Waals surface area contributed by atoms with Crippen LogP contribution in [0.3, 0.4) is 0 Å². The minimum Gasteiger partial charge on any atom is -0.324 e. The lowest BCUT2D eigenvalue weighted by atomic mass is 10.1. The molecule has 1 amide bonds. The number of rotatable bonds is 8. The van der Waals surface area contributed by atoms with Gasteiger partial charge in [-0.15, -0.1) is 0 Å². The Labute approximate surface area is 233 Å². The van der Waals surface area contributed by atoms with Crippen LogP contribution in [0.2, 0.25) is 0 Å². The predicted octanol–water partition coefficient (Wildman–Crippen LogP) is 5.17. The summed E-state index contributed by atoms with van der Waals surface area (Å²) >= 11 is 0. The lowest BCUT2D eigenvalue weighted by Gasteiger charge is -2.34. The molecule has 2 aromatic heterocycles. The fourth-order valence-corrected chi connectivity index (χ4v) is 4.47. The average Bonchev–Trinajstić information content (AvgIpc) is 3.00. The second-order valence-electron chi connectivity index (χ2n) is 9.63. The number of hydrogen-bond donors (Lipinski definition) is 1. The van der Waals surface area contributed by atoms with Gasteiger partial charge in [0.1, 0.15) is 0 Å². The number of benzene rings is 2. The van der Waals surface area contributed by atoms with Gasteiger partial charge in [0.05, 0.1) is 5.69 Å². The van der Waals surface area contributed by atoms with E-state index >= 15 is 0 Å². The van der Waals surface area contributed by atoms with Gasteiger partial charge in [0.15, 0.2) is 10.8 Å². The third-order valence-corrected chi connectivity index (χ3v) is 6.90. The van der Waals surface area contributed by atoms with E-state index in [9.17, 15) is 4.79 Å². The first-order valence-corrected chi connectivity index (χ1v) is 13.4. The number of piperazine rings is 1. The van der Waals surface area contributed by atoms with Crippen LogP contribution in [0.4, 0.5) is 17.3 Å². The second-order valence-corrected chi connectivity index (χ2v) is 9.63. The summed E-state index contributed by atoms with van der Waals surface area (Å²) in [5.74, 6) is 0.0167. The molecule has 0 bridgehead atoms. The molecule has 0 spiro atoms. The van der Waals surface area contributed by atoms with E-state index in [0.717, 1.165) is 61.8 Å². The molecule has 1 N–H and O–H groups in total. The van der Waals surface area contributed by atoms with E-state index in [2.05, 4.69) is 52.1 Å². The van der Waals surface area contributed by atoms with Crippen LogP contribution in [0.25, 0.3) is 11.3 Å². The lowest BCUT2D eigenvalue weighted by molar-refractivity contribution is 0.0992. The predicted molar refractivity (Wildman–Crippen MR) is 155 cm³/mol. The number of pyridine rings is 1. The number of anilines is 2. The molecule has 3 heterocycles. The van der Waals surface area contributed by atoms with Gasteiger partial charge in [-0.1, -0.05) is 25.1 Å². The van der Waals surface area contributed by atoms with Crippen molar-refractivity contribution in [3.8, 4) is 11.3 Å². The Bertz CT molecular complexity index is 1510. The first-order chi connectivity index (χ1) is 19.6. The van der Waals surface area contributed by atoms with Crippen LogP contribution in [0.5, 0.6) is 0 Å². The number of amides is 1. The number of carbonyl (C=O) groups is 1. The standard InChI is InChI=1S/C30H32N9O/c1-3-38-15-17-39(18-16-38)21-23-7-9-24(10-8-23)29(40)36-37-35-26-11-6-22(2)28(19-26)34-30-32-14-12-27(33-30)25-5-4-13-31-20-25/h4-14,19-20H,3,15-18,21H2,1-2H3,(H,32,33,34)/q+1. The number of nitrogens with zero attached hydrogens (tertiary/aromatic N) is 8. The van der Waals surface area contributed by atoms with Crippen molar-refractivity contribution in [2.45, 2.75) is 20.4 Å². The molecule has 10 heteroatoms. The van der Waals surface area contributed by atoms with E-state index in [1.807, 2.05) is 55.5 Å². The quantitative estimate of drug-likeness (QED) is 0.245. The Hall–Kier alpha value is -4.63. The number of aromatic nitrogens is 3. The van der Waals surface area contributed by atoms with Crippen molar-refractivity contribution in [3.63, 3.8) is 0 Å². The Kier molecular flexibility index (Phi) is 8.73. The summed E-state index contributed by atoms with van der Waals surface area (Å²) in [6.45, 7) is 10.5. The van der Waals surface area contributed by atoms with Gasteiger partial charge in [-0.2, -0.15) is 0 Å². The van der Waals surface area contributed by atoms with Crippen LogP contribution in [-0.2, 0) is 6.54 Å². The summed E-state index contributed by atoms with van der Waals surface area (Å²) in [5.41, 5.74) is 5.63. The van der Waals surface area contributed by atoms with E-state index in [1.54, 1.807) is 30.7 Å². The molecule has 1 aliphatic heterocycles. The Morgan fingerprint density at radius 1 is 1.00 bits per heavy atom. The van der Waals surface area contributed by atoms with E-state index in [4.69, 9.17) is 0 Å². The molecule has 0 radical (unpaired) electrons. The molecule has 1 fully saturated rings. The number of hydrogen-bond acceptors (Lipinski definition) is 8. The van der Waals surface area contributed by atoms with Crippen molar-refractivity contribution in [3.05, 3.63) is 95.9 Å². The Balaban J connectivity index is 1.21. The molecule has 10 nitrogen and oxygen atoms in total. The maximum atomic E-state index is 12.5. The van der Waals surface area contributed by atoms with Gasteiger partial charge in [-0.05, 0) is 67.1 Å². The van der Waals surface area contributed by atoms with Crippen LogP contribution in [0.1, 0.15) is 28.4 Å². The Morgan fingerprint density at radius 3 is 2.55 bits per heavy atom. The minimum atomic E-state index is -0.432. The summed E-state index contributed by atoms with van der Waals surface area (Å²) in [7, 11) is 0. The van der Waals surface area contributed by atoms with E-state index in [-0.39, 0.29) is 0 Å². The molecule has 1 aliphatic rings. The van der Waals surface area contributed by atoms with Crippen molar-refractivity contribution >= 4 is 23.2 Å². The molecule has 40 heavy (non-hydrogen) atoms. The summed E-state index contributed by atoms with van der Waals surface area (Å²) in [5, 5.41) is 11.2. The third-order valence-electron chi connectivity index (χ3n) is 6.90. The number of carbonyl (C=O) groups excluding carboxylic acids is 1. The SMILES string of the molecule is CCN1CCN(Cc2ccc(C(=O)N=[N+]=Nc3ccc(C)c(Nc4nccc(-c5cccnc5)n4)c3)cc2)CC1. The molecule has 0 aliphatic carbocycles. The number of nitrogens with one attached hydrogen (secondary N) is 1. The van der Waals surface area contributed by atoms with Crippen molar-refractivity contribution in [2.75, 3.05) is 38.0 Å². The Morgan fingerprint density at radius 2 is 1.80 bits per heavy atom. The third kappa shape index (κ3) is 7.06. The molecule has 2 aromatic carbocycles. The molecule has 1 saturated heterocycles. The second kappa shape index (κ2) is 12.9. The fourth-order valence-electron chi connectivity index (χ4n) is 4.47. The van der Waals surface area contributed by atoms with Gasteiger partial charge >= 0.3 is 5.91 Å². The lowest BCUT2D eigenvalue weighted by Crippen LogP contribution is -2.45. The average molecular weight is 535 g/mol. The molecule has 5 rings (SSSR count). The summed E-state index contributed by atoms with van der Waals surface area (Å²) in [4.78, 5) is 34.3. The van der Waals surface area contributed by atoms with Crippen molar-refractivity contribution in [1.29, 1.82) is 0 Å². The highest BCUT2D eigenvalue weighted by atomic mass is 16.1. The minimum absolute atomic E-state index is 0.432. The monoisotopic (exact) mass is 534 g/mol. The molecular formula is C30H32N9O+. The van der Waals surface area contributed by atoms with Crippen LogP contribution >= 0.6 is 0 Å². The van der Waals surface area contributed by atoms with Crippen LogP contribution < -0.4 is 10.2 Å². The first kappa shape index (κ1) is 27.0.